The lowest BCUT2D eigenvalue weighted by Crippen LogP contribution is -2.30. The van der Waals surface area contributed by atoms with E-state index in [-0.39, 0.29) is 6.10 Å². The molecule has 1 aliphatic rings. The molecule has 0 radical (unpaired) electrons. The van der Waals surface area contributed by atoms with E-state index in [0.717, 1.165) is 56.3 Å². The van der Waals surface area contributed by atoms with Crippen molar-refractivity contribution in [3.63, 3.8) is 0 Å². The van der Waals surface area contributed by atoms with Gasteiger partial charge < -0.3 is 20.1 Å². The first-order valence-corrected chi connectivity index (χ1v) is 7.09. The Hall–Kier alpha value is -1.42. The van der Waals surface area contributed by atoms with Gasteiger partial charge in [-0.2, -0.15) is 0 Å². The zero-order valence-corrected chi connectivity index (χ0v) is 11.9. The average Bonchev–Trinajstić information content (AvgIpc) is 2.60. The van der Waals surface area contributed by atoms with Crippen LogP contribution in [0.3, 0.4) is 0 Å². The molecule has 0 amide bonds. The monoisotopic (exact) mass is 264 g/mol. The minimum atomic E-state index is 0.254. The second-order valence-electron chi connectivity index (χ2n) is 5.09. The van der Waals surface area contributed by atoms with E-state index in [0.29, 0.717) is 0 Å². The first-order valence-electron chi connectivity index (χ1n) is 7.09. The molecule has 1 aromatic rings. The molecule has 1 heterocycles. The lowest BCUT2D eigenvalue weighted by atomic mass is 10.2. The number of nitrogen functional groups attached to an aromatic ring is 1. The lowest BCUT2D eigenvalue weighted by molar-refractivity contribution is 0.0821. The van der Waals surface area contributed by atoms with E-state index < -0.39 is 0 Å². The smallest absolute Gasteiger partial charge is 0.123 e. The van der Waals surface area contributed by atoms with Crippen molar-refractivity contribution in [1.82, 2.24) is 0 Å². The molecule has 1 aromatic carbocycles. The van der Waals surface area contributed by atoms with Crippen LogP contribution in [0.15, 0.2) is 18.2 Å². The van der Waals surface area contributed by atoms with Gasteiger partial charge in [0.25, 0.3) is 0 Å². The van der Waals surface area contributed by atoms with Gasteiger partial charge in [-0.15, -0.1) is 0 Å². The summed E-state index contributed by atoms with van der Waals surface area (Å²) in [6.45, 7) is 7.67. The van der Waals surface area contributed by atoms with Gasteiger partial charge in [0.15, 0.2) is 0 Å². The minimum absolute atomic E-state index is 0.254. The molecular formula is C15H24N2O2. The number of hydrogen-bond donors (Lipinski definition) is 1. The molecule has 0 spiro atoms. The van der Waals surface area contributed by atoms with Crippen LogP contribution in [-0.2, 0) is 4.74 Å². The van der Waals surface area contributed by atoms with Crippen LogP contribution in [0.1, 0.15) is 26.7 Å². The minimum Gasteiger partial charge on any atom is -0.493 e. The van der Waals surface area contributed by atoms with Gasteiger partial charge in [-0.3, -0.25) is 0 Å². The Balaban J connectivity index is 2.15. The van der Waals surface area contributed by atoms with Gasteiger partial charge >= 0.3 is 0 Å². The van der Waals surface area contributed by atoms with Crippen molar-refractivity contribution in [1.29, 1.82) is 0 Å². The van der Waals surface area contributed by atoms with Crippen LogP contribution >= 0.6 is 0 Å². The molecule has 19 heavy (non-hydrogen) atoms. The van der Waals surface area contributed by atoms with Crippen LogP contribution < -0.4 is 15.4 Å². The van der Waals surface area contributed by atoms with Crippen LogP contribution in [0.25, 0.3) is 0 Å². The summed E-state index contributed by atoms with van der Waals surface area (Å²) in [5, 5.41) is 0. The van der Waals surface area contributed by atoms with E-state index in [1.54, 1.807) is 0 Å². The first-order chi connectivity index (χ1) is 9.19. The van der Waals surface area contributed by atoms with Gasteiger partial charge in [0.05, 0.1) is 12.7 Å². The number of nitrogens with zero attached hydrogens (tertiary/aromatic N) is 1. The Labute approximate surface area is 115 Å². The summed E-state index contributed by atoms with van der Waals surface area (Å²) in [6, 6.07) is 5.97. The summed E-state index contributed by atoms with van der Waals surface area (Å²) in [7, 11) is 0. The molecule has 0 aromatic heterocycles. The van der Waals surface area contributed by atoms with Crippen molar-refractivity contribution in [2.75, 3.05) is 36.9 Å². The summed E-state index contributed by atoms with van der Waals surface area (Å²) in [5.41, 5.74) is 7.85. The van der Waals surface area contributed by atoms with E-state index in [2.05, 4.69) is 24.8 Å². The fraction of sp³-hybridized carbons (Fsp3) is 0.600. The predicted octanol–water partition coefficient (Wildman–Crippen LogP) is 2.67. The third-order valence-electron chi connectivity index (χ3n) is 3.20. The largest absolute Gasteiger partial charge is 0.493 e. The summed E-state index contributed by atoms with van der Waals surface area (Å²) in [5.74, 6) is 0.856. The number of anilines is 2. The van der Waals surface area contributed by atoms with E-state index in [4.69, 9.17) is 15.2 Å². The van der Waals surface area contributed by atoms with Gasteiger partial charge in [0, 0.05) is 43.2 Å². The predicted molar refractivity (Wildman–Crippen MR) is 78.9 cm³/mol. The highest BCUT2D eigenvalue weighted by Crippen LogP contribution is 2.27. The quantitative estimate of drug-likeness (QED) is 0.849. The maximum Gasteiger partial charge on any atom is 0.123 e. The molecule has 0 aliphatic carbocycles. The summed E-state index contributed by atoms with van der Waals surface area (Å²) < 4.78 is 11.4. The van der Waals surface area contributed by atoms with Gasteiger partial charge in [0.2, 0.25) is 0 Å². The maximum absolute atomic E-state index is 5.97. The number of hydrogen-bond acceptors (Lipinski definition) is 4. The molecule has 4 heteroatoms. The Morgan fingerprint density at radius 1 is 1.42 bits per heavy atom. The van der Waals surface area contributed by atoms with E-state index in [9.17, 15) is 0 Å². The van der Waals surface area contributed by atoms with E-state index in [1.165, 1.54) is 0 Å². The number of ether oxygens (including phenoxy) is 2. The fourth-order valence-electron chi connectivity index (χ4n) is 2.32. The van der Waals surface area contributed by atoms with Gasteiger partial charge in [-0.1, -0.05) is 6.92 Å². The SMILES string of the molecule is CCCOc1cc(N)cc(N2CCCOC(C)C2)c1. The standard InChI is InChI=1S/C15H24N2O2/c1-3-6-19-15-9-13(16)8-14(10-15)17-5-4-7-18-12(2)11-17/h8-10,12H,3-7,11,16H2,1-2H3. The Kier molecular flexibility index (Phi) is 4.91. The van der Waals surface area contributed by atoms with Crippen molar-refractivity contribution in [2.24, 2.45) is 0 Å². The second kappa shape index (κ2) is 6.66. The van der Waals surface area contributed by atoms with Gasteiger partial charge in [-0.25, -0.2) is 0 Å². The molecule has 4 nitrogen and oxygen atoms in total. The fourth-order valence-corrected chi connectivity index (χ4v) is 2.32. The molecule has 0 bridgehead atoms. The number of benzene rings is 1. The van der Waals surface area contributed by atoms with Crippen LogP contribution in [0.2, 0.25) is 0 Å². The molecule has 106 valence electrons. The normalized spacial score (nSPS) is 20.1. The zero-order chi connectivity index (χ0) is 13.7. The van der Waals surface area contributed by atoms with Crippen LogP contribution in [-0.4, -0.2) is 32.4 Å². The van der Waals surface area contributed by atoms with Crippen molar-refractivity contribution in [3.8, 4) is 5.75 Å². The molecule has 0 saturated carbocycles. The second-order valence-corrected chi connectivity index (χ2v) is 5.09. The van der Waals surface area contributed by atoms with Crippen molar-refractivity contribution < 1.29 is 9.47 Å². The summed E-state index contributed by atoms with van der Waals surface area (Å²) in [4.78, 5) is 2.33. The van der Waals surface area contributed by atoms with Crippen LogP contribution in [0, 0.1) is 0 Å². The van der Waals surface area contributed by atoms with Crippen LogP contribution in [0.5, 0.6) is 5.75 Å². The number of nitrogens with two attached hydrogens (primary N) is 1. The van der Waals surface area contributed by atoms with Crippen molar-refractivity contribution in [2.45, 2.75) is 32.8 Å². The Morgan fingerprint density at radius 2 is 2.26 bits per heavy atom. The molecule has 1 aliphatic heterocycles. The molecule has 2 N–H and O–H groups in total. The first kappa shape index (κ1) is 14.0. The summed E-state index contributed by atoms with van der Waals surface area (Å²) >= 11 is 0. The highest BCUT2D eigenvalue weighted by atomic mass is 16.5. The Bertz CT molecular complexity index is 409. The molecule has 1 fully saturated rings. The molecular weight excluding hydrogens is 240 g/mol. The third-order valence-corrected chi connectivity index (χ3v) is 3.20. The maximum atomic E-state index is 5.97. The Morgan fingerprint density at radius 3 is 3.05 bits per heavy atom. The van der Waals surface area contributed by atoms with E-state index >= 15 is 0 Å². The summed E-state index contributed by atoms with van der Waals surface area (Å²) in [6.07, 6.45) is 2.30. The third kappa shape index (κ3) is 4.03. The zero-order valence-electron chi connectivity index (χ0n) is 11.9. The van der Waals surface area contributed by atoms with Crippen molar-refractivity contribution in [3.05, 3.63) is 18.2 Å². The molecule has 1 saturated heterocycles. The highest BCUT2D eigenvalue weighted by molar-refractivity contribution is 5.60. The van der Waals surface area contributed by atoms with Crippen molar-refractivity contribution >= 4 is 11.4 Å². The van der Waals surface area contributed by atoms with E-state index in [1.807, 2.05) is 12.1 Å². The molecule has 2 rings (SSSR count). The lowest BCUT2D eigenvalue weighted by Gasteiger charge is -2.25. The molecule has 1 unspecified atom stereocenters. The number of rotatable bonds is 4. The van der Waals surface area contributed by atoms with Crippen LogP contribution in [0.4, 0.5) is 11.4 Å². The average molecular weight is 264 g/mol. The topological polar surface area (TPSA) is 47.7 Å². The van der Waals surface area contributed by atoms with Gasteiger partial charge in [-0.05, 0) is 25.8 Å². The molecule has 1 atom stereocenters. The highest BCUT2D eigenvalue weighted by Gasteiger charge is 2.16. The van der Waals surface area contributed by atoms with Gasteiger partial charge in [0.1, 0.15) is 5.75 Å².